The number of aromatic hydroxyl groups is 4. The Morgan fingerprint density at radius 2 is 1.08 bits per heavy atom. The lowest BCUT2D eigenvalue weighted by Gasteiger charge is -2.13. The third-order valence-corrected chi connectivity index (χ3v) is 7.05. The second-order valence-corrected chi connectivity index (χ2v) is 9.30. The number of hydrogen-bond donors (Lipinski definition) is 4. The van der Waals surface area contributed by atoms with Gasteiger partial charge < -0.3 is 20.4 Å². The van der Waals surface area contributed by atoms with Crippen LogP contribution in [0.3, 0.4) is 0 Å². The summed E-state index contributed by atoms with van der Waals surface area (Å²) in [5, 5.41) is 45.7. The first-order valence-corrected chi connectivity index (χ1v) is 12.3. The van der Waals surface area contributed by atoms with Gasteiger partial charge >= 0.3 is 0 Å². The van der Waals surface area contributed by atoms with Crippen molar-refractivity contribution in [3.8, 4) is 51.5 Å². The van der Waals surface area contributed by atoms with Gasteiger partial charge in [-0.15, -0.1) is 0 Å². The van der Waals surface area contributed by atoms with Crippen molar-refractivity contribution in [1.82, 2.24) is 14.5 Å². The fraction of sp³-hybridized carbons (Fsp3) is 0. The number of rotatable bonds is 3. The average molecular weight is 512 g/mol. The minimum atomic E-state index is -0.823. The van der Waals surface area contributed by atoms with Crippen LogP contribution in [0.5, 0.6) is 23.0 Å². The van der Waals surface area contributed by atoms with E-state index in [-0.39, 0.29) is 16.9 Å². The predicted octanol–water partition coefficient (Wildman–Crippen LogP) is 6.88. The summed E-state index contributed by atoms with van der Waals surface area (Å²) in [6.07, 6.45) is 0. The lowest BCUT2D eigenvalue weighted by atomic mass is 10.0. The van der Waals surface area contributed by atoms with Crippen LogP contribution in [0.1, 0.15) is 0 Å². The Bertz CT molecular complexity index is 1990. The Hall–Kier alpha value is -5.56. The van der Waals surface area contributed by atoms with Crippen LogP contribution in [-0.4, -0.2) is 35.0 Å². The Labute approximate surface area is 222 Å². The molecule has 0 saturated heterocycles. The molecule has 5 aromatic carbocycles. The lowest BCUT2D eigenvalue weighted by Crippen LogP contribution is -2.04. The van der Waals surface area contributed by atoms with E-state index in [1.54, 1.807) is 4.57 Å². The summed E-state index contributed by atoms with van der Waals surface area (Å²) in [6, 6.07) is 32.7. The quantitative estimate of drug-likeness (QED) is 0.152. The zero-order valence-corrected chi connectivity index (χ0v) is 20.4. The maximum Gasteiger partial charge on any atom is 0.235 e. The smallest absolute Gasteiger partial charge is 0.235 e. The molecule has 7 heteroatoms. The molecular weight excluding hydrogens is 490 g/mol. The third-order valence-electron chi connectivity index (χ3n) is 7.05. The Morgan fingerprint density at radius 1 is 0.513 bits per heavy atom. The van der Waals surface area contributed by atoms with Crippen LogP contribution in [0.25, 0.3) is 61.0 Å². The molecule has 0 aliphatic rings. The van der Waals surface area contributed by atoms with E-state index in [2.05, 4.69) is 0 Å². The summed E-state index contributed by atoms with van der Waals surface area (Å²) in [5.74, 6) is -2.52. The highest BCUT2D eigenvalue weighted by molar-refractivity contribution is 6.25. The number of hydrogen-bond acceptors (Lipinski definition) is 6. The van der Waals surface area contributed by atoms with Crippen molar-refractivity contribution in [3.05, 3.63) is 103 Å². The predicted molar refractivity (Wildman–Crippen MR) is 151 cm³/mol. The molecule has 0 atom stereocenters. The van der Waals surface area contributed by atoms with E-state index < -0.39 is 23.0 Å². The summed E-state index contributed by atoms with van der Waals surface area (Å²) in [4.78, 5) is 9.78. The summed E-state index contributed by atoms with van der Waals surface area (Å²) >= 11 is 0. The molecule has 0 amide bonds. The van der Waals surface area contributed by atoms with Gasteiger partial charge in [-0.05, 0) is 22.9 Å². The molecule has 7 aromatic rings. The topological polar surface area (TPSA) is 112 Å². The molecule has 0 bridgehead atoms. The summed E-state index contributed by atoms with van der Waals surface area (Å²) in [6.45, 7) is 0. The van der Waals surface area contributed by atoms with E-state index in [0.717, 1.165) is 21.9 Å². The van der Waals surface area contributed by atoms with Crippen molar-refractivity contribution in [1.29, 1.82) is 0 Å². The Morgan fingerprint density at radius 3 is 1.72 bits per heavy atom. The van der Waals surface area contributed by atoms with Gasteiger partial charge in [0.25, 0.3) is 0 Å². The van der Waals surface area contributed by atoms with Gasteiger partial charge in [0.2, 0.25) is 17.4 Å². The third kappa shape index (κ3) is 3.37. The molecule has 2 heterocycles. The van der Waals surface area contributed by atoms with Gasteiger partial charge in [0.1, 0.15) is 5.52 Å². The number of benzene rings is 5. The SMILES string of the molecule is Oc1c(O)c(O)c2c(c1O)c1c3ccccc3ccc1n2-c1nc(-c2ccccc2)cc(-c2ccccc2)n1. The van der Waals surface area contributed by atoms with E-state index in [1.807, 2.05) is 103 Å². The number of fused-ring (bicyclic) bond motifs is 5. The molecule has 7 rings (SSSR count). The fourth-order valence-electron chi connectivity index (χ4n) is 5.23. The lowest BCUT2D eigenvalue weighted by molar-refractivity contribution is 0.350. The highest BCUT2D eigenvalue weighted by atomic mass is 16.3. The van der Waals surface area contributed by atoms with Gasteiger partial charge in [-0.2, -0.15) is 0 Å². The maximum atomic E-state index is 11.2. The number of phenols is 4. The maximum absolute atomic E-state index is 11.2. The Balaban J connectivity index is 1.67. The Kier molecular flexibility index (Phi) is 4.93. The largest absolute Gasteiger partial charge is 0.504 e. The van der Waals surface area contributed by atoms with E-state index in [9.17, 15) is 20.4 Å². The molecule has 0 saturated carbocycles. The molecule has 0 radical (unpaired) electrons. The first-order valence-electron chi connectivity index (χ1n) is 12.3. The fourth-order valence-corrected chi connectivity index (χ4v) is 5.23. The zero-order chi connectivity index (χ0) is 26.7. The first-order chi connectivity index (χ1) is 19.0. The van der Waals surface area contributed by atoms with Gasteiger partial charge in [0.05, 0.1) is 22.3 Å². The van der Waals surface area contributed by atoms with Crippen LogP contribution in [0, 0.1) is 0 Å². The second-order valence-electron chi connectivity index (χ2n) is 9.30. The molecule has 0 unspecified atom stereocenters. The monoisotopic (exact) mass is 511 g/mol. The summed E-state index contributed by atoms with van der Waals surface area (Å²) < 4.78 is 1.62. The van der Waals surface area contributed by atoms with Gasteiger partial charge in [0.15, 0.2) is 11.5 Å². The van der Waals surface area contributed by atoms with Crippen LogP contribution in [-0.2, 0) is 0 Å². The van der Waals surface area contributed by atoms with Gasteiger partial charge in [-0.25, -0.2) is 9.97 Å². The minimum absolute atomic E-state index is 0.0818. The normalized spacial score (nSPS) is 11.5. The molecule has 7 nitrogen and oxygen atoms in total. The second kappa shape index (κ2) is 8.49. The van der Waals surface area contributed by atoms with Crippen molar-refractivity contribution >= 4 is 32.6 Å². The molecule has 0 aliphatic heterocycles. The van der Waals surface area contributed by atoms with Crippen LogP contribution < -0.4 is 0 Å². The molecule has 0 fully saturated rings. The molecule has 0 aliphatic carbocycles. The number of phenolic OH excluding ortho intramolecular Hbond substituents is 4. The standard InChI is InChI=1S/C32H21N3O4/c36-28-26-25-21-14-8-7-9-18(21)15-16-24(25)35(27(26)29(37)31(39)30(28)38)32-33-22(19-10-3-1-4-11-19)17-23(34-32)20-12-5-2-6-13-20/h1-17,36-39H. The molecule has 0 spiro atoms. The van der Waals surface area contributed by atoms with Crippen LogP contribution in [0.2, 0.25) is 0 Å². The van der Waals surface area contributed by atoms with Crippen molar-refractivity contribution < 1.29 is 20.4 Å². The van der Waals surface area contributed by atoms with Crippen molar-refractivity contribution in [3.63, 3.8) is 0 Å². The van der Waals surface area contributed by atoms with E-state index in [0.29, 0.717) is 22.3 Å². The van der Waals surface area contributed by atoms with Crippen molar-refractivity contribution in [2.24, 2.45) is 0 Å². The zero-order valence-electron chi connectivity index (χ0n) is 20.4. The highest BCUT2D eigenvalue weighted by Gasteiger charge is 2.28. The highest BCUT2D eigenvalue weighted by Crippen LogP contribution is 2.53. The average Bonchev–Trinajstić information content (AvgIpc) is 3.35. The van der Waals surface area contributed by atoms with Crippen molar-refractivity contribution in [2.75, 3.05) is 0 Å². The molecule has 39 heavy (non-hydrogen) atoms. The van der Waals surface area contributed by atoms with Crippen LogP contribution in [0.4, 0.5) is 0 Å². The van der Waals surface area contributed by atoms with E-state index >= 15 is 0 Å². The molecule has 2 aromatic heterocycles. The van der Waals surface area contributed by atoms with Crippen molar-refractivity contribution in [2.45, 2.75) is 0 Å². The number of nitrogens with zero attached hydrogens (tertiary/aromatic N) is 3. The molecular formula is C32H21N3O4. The van der Waals surface area contributed by atoms with Crippen LogP contribution in [0.15, 0.2) is 103 Å². The molecule has 188 valence electrons. The summed E-state index contributed by atoms with van der Waals surface area (Å²) in [7, 11) is 0. The van der Waals surface area contributed by atoms with Gasteiger partial charge in [0, 0.05) is 16.5 Å². The van der Waals surface area contributed by atoms with Crippen LogP contribution >= 0.6 is 0 Å². The minimum Gasteiger partial charge on any atom is -0.504 e. The summed E-state index contributed by atoms with van der Waals surface area (Å²) in [5.41, 5.74) is 3.72. The molecule has 4 N–H and O–H groups in total. The van der Waals surface area contributed by atoms with E-state index in [4.69, 9.17) is 9.97 Å². The van der Waals surface area contributed by atoms with E-state index in [1.165, 1.54) is 0 Å². The first kappa shape index (κ1) is 22.6. The van der Waals surface area contributed by atoms with Gasteiger partial charge in [-0.3, -0.25) is 4.57 Å². The number of aromatic nitrogens is 3. The van der Waals surface area contributed by atoms with Gasteiger partial charge in [-0.1, -0.05) is 91.0 Å².